The lowest BCUT2D eigenvalue weighted by Crippen LogP contribution is -2.27. The fourth-order valence-corrected chi connectivity index (χ4v) is 8.37. The average Bonchev–Trinajstić information content (AvgIpc) is 3.67. The summed E-state index contributed by atoms with van der Waals surface area (Å²) < 4.78 is 6.36. The van der Waals surface area contributed by atoms with Crippen LogP contribution in [0, 0.1) is 0 Å². The zero-order valence-electron chi connectivity index (χ0n) is 27.1. The minimum absolute atomic E-state index is 0.166. The summed E-state index contributed by atoms with van der Waals surface area (Å²) in [5, 5.41) is 2.13. The zero-order chi connectivity index (χ0) is 32.4. The second kappa shape index (κ2) is 11.1. The van der Waals surface area contributed by atoms with Crippen LogP contribution in [0.15, 0.2) is 144 Å². The van der Waals surface area contributed by atoms with Crippen molar-refractivity contribution in [2.45, 2.75) is 37.5 Å². The molecule has 6 aromatic carbocycles. The molecule has 0 aliphatic heterocycles. The quantitative estimate of drug-likeness (QED) is 0.194. The first-order chi connectivity index (χ1) is 24.2. The van der Waals surface area contributed by atoms with Crippen LogP contribution >= 0.6 is 0 Å². The lowest BCUT2D eigenvalue weighted by atomic mass is 9.68. The highest BCUT2D eigenvalue weighted by molar-refractivity contribution is 6.07. The number of rotatable bonds is 4. The summed E-state index contributed by atoms with van der Waals surface area (Å²) in [5.41, 5.74) is 13.0. The van der Waals surface area contributed by atoms with Crippen LogP contribution in [0.3, 0.4) is 0 Å². The predicted octanol–water partition coefficient (Wildman–Crippen LogP) is 11.7. The van der Waals surface area contributed by atoms with E-state index in [2.05, 4.69) is 66.7 Å². The average molecular weight is 632 g/mol. The number of fused-ring (bicyclic) bond motifs is 8. The first kappa shape index (κ1) is 28.2. The molecule has 4 heteroatoms. The number of furan rings is 1. The van der Waals surface area contributed by atoms with Crippen molar-refractivity contribution < 1.29 is 4.42 Å². The van der Waals surface area contributed by atoms with Gasteiger partial charge < -0.3 is 4.42 Å². The molecule has 0 atom stereocenters. The van der Waals surface area contributed by atoms with E-state index in [-0.39, 0.29) is 5.41 Å². The van der Waals surface area contributed by atoms with Crippen LogP contribution < -0.4 is 0 Å². The minimum atomic E-state index is 0.166. The van der Waals surface area contributed by atoms with Crippen LogP contribution in [0.1, 0.15) is 43.2 Å². The molecule has 0 unspecified atom stereocenters. The number of hydrogen-bond acceptors (Lipinski definition) is 4. The fraction of sp³-hybridized carbons (Fsp3) is 0.133. The smallest absolute Gasteiger partial charge is 0.164 e. The first-order valence-electron chi connectivity index (χ1n) is 17.3. The van der Waals surface area contributed by atoms with Gasteiger partial charge in [-0.1, -0.05) is 122 Å². The third kappa shape index (κ3) is 4.55. The lowest BCUT2D eigenvalue weighted by molar-refractivity contribution is 0.353. The van der Waals surface area contributed by atoms with E-state index >= 15 is 0 Å². The molecule has 234 valence electrons. The molecule has 10 rings (SSSR count). The second-order valence-corrected chi connectivity index (χ2v) is 13.5. The van der Waals surface area contributed by atoms with Gasteiger partial charge in [-0.25, -0.2) is 15.0 Å². The Morgan fingerprint density at radius 1 is 0.408 bits per heavy atom. The Labute approximate surface area is 285 Å². The van der Waals surface area contributed by atoms with Crippen molar-refractivity contribution in [1.82, 2.24) is 15.0 Å². The summed E-state index contributed by atoms with van der Waals surface area (Å²) in [7, 11) is 0. The maximum atomic E-state index is 6.36. The zero-order valence-corrected chi connectivity index (χ0v) is 27.1. The summed E-state index contributed by atoms with van der Waals surface area (Å²) in [6.45, 7) is 0. The molecule has 8 aromatic rings. The Hall–Kier alpha value is -5.87. The molecule has 49 heavy (non-hydrogen) atoms. The standard InChI is InChI=1S/C45H33N3O/c1-4-12-29(13-5-1)42-46-43(30-14-6-2-7-15-30)48-44(47-42)33-20-23-41-37(28-33)36-27-32(19-22-40(36)49-41)31-18-21-39-35(26-31)34-16-8-9-17-38(34)45(39)24-10-3-11-25-45/h1-2,4-9,12-23,26-28H,3,10-11,24-25H2. The summed E-state index contributed by atoms with van der Waals surface area (Å²) in [5.74, 6) is 1.93. The molecule has 0 saturated heterocycles. The van der Waals surface area contributed by atoms with E-state index in [1.807, 2.05) is 72.8 Å². The van der Waals surface area contributed by atoms with E-state index in [9.17, 15) is 0 Å². The van der Waals surface area contributed by atoms with E-state index in [1.54, 1.807) is 0 Å². The largest absolute Gasteiger partial charge is 0.456 e. The van der Waals surface area contributed by atoms with Gasteiger partial charge in [0.15, 0.2) is 17.5 Å². The van der Waals surface area contributed by atoms with Gasteiger partial charge in [0.2, 0.25) is 0 Å². The van der Waals surface area contributed by atoms with Crippen molar-refractivity contribution >= 4 is 21.9 Å². The highest BCUT2D eigenvalue weighted by Crippen LogP contribution is 2.56. The van der Waals surface area contributed by atoms with Crippen LogP contribution in [0.25, 0.3) is 78.4 Å². The van der Waals surface area contributed by atoms with E-state index in [4.69, 9.17) is 19.4 Å². The van der Waals surface area contributed by atoms with Crippen LogP contribution in [0.4, 0.5) is 0 Å². The molecule has 1 fully saturated rings. The van der Waals surface area contributed by atoms with Gasteiger partial charge in [0.05, 0.1) is 0 Å². The molecule has 2 heterocycles. The number of hydrogen-bond donors (Lipinski definition) is 0. The van der Waals surface area contributed by atoms with E-state index in [0.717, 1.165) is 38.6 Å². The normalized spacial score (nSPS) is 14.7. The van der Waals surface area contributed by atoms with Crippen molar-refractivity contribution in [1.29, 1.82) is 0 Å². The third-order valence-corrected chi connectivity index (χ3v) is 10.7. The van der Waals surface area contributed by atoms with Crippen LogP contribution in [0.5, 0.6) is 0 Å². The fourth-order valence-electron chi connectivity index (χ4n) is 8.37. The lowest BCUT2D eigenvalue weighted by Gasteiger charge is -2.36. The molecule has 0 N–H and O–H groups in total. The molecule has 2 aliphatic rings. The molecule has 0 radical (unpaired) electrons. The molecular formula is C45H33N3O. The molecule has 0 bridgehead atoms. The van der Waals surface area contributed by atoms with Crippen LogP contribution in [-0.4, -0.2) is 15.0 Å². The van der Waals surface area contributed by atoms with Crippen LogP contribution in [0.2, 0.25) is 0 Å². The summed E-state index contributed by atoms with van der Waals surface area (Å²) in [4.78, 5) is 14.8. The topological polar surface area (TPSA) is 51.8 Å². The SMILES string of the molecule is c1ccc(-c2nc(-c3ccccc3)nc(-c3ccc4oc5ccc(-c6ccc7c(c6)-c6ccccc6C76CCCCC6)cc5c4c3)n2)cc1. The summed E-state index contributed by atoms with van der Waals surface area (Å²) >= 11 is 0. The van der Waals surface area contributed by atoms with Crippen molar-refractivity contribution in [3.8, 4) is 56.4 Å². The molecule has 4 nitrogen and oxygen atoms in total. The first-order valence-corrected chi connectivity index (χ1v) is 17.3. The Morgan fingerprint density at radius 3 is 1.59 bits per heavy atom. The number of benzene rings is 6. The van der Waals surface area contributed by atoms with Gasteiger partial charge in [-0.3, -0.25) is 0 Å². The van der Waals surface area contributed by atoms with Gasteiger partial charge in [-0.05, 0) is 82.6 Å². The van der Waals surface area contributed by atoms with Gasteiger partial charge in [0.1, 0.15) is 11.2 Å². The Bertz CT molecular complexity index is 2470. The minimum Gasteiger partial charge on any atom is -0.456 e. The Kier molecular flexibility index (Phi) is 6.38. The molecule has 1 saturated carbocycles. The Balaban J connectivity index is 1.09. The van der Waals surface area contributed by atoms with Gasteiger partial charge in [-0.2, -0.15) is 0 Å². The van der Waals surface area contributed by atoms with Crippen molar-refractivity contribution in [2.75, 3.05) is 0 Å². The van der Waals surface area contributed by atoms with Crippen molar-refractivity contribution in [2.24, 2.45) is 0 Å². The number of aromatic nitrogens is 3. The van der Waals surface area contributed by atoms with E-state index < -0.39 is 0 Å². The molecular weight excluding hydrogens is 599 g/mol. The second-order valence-electron chi connectivity index (χ2n) is 13.5. The van der Waals surface area contributed by atoms with Gasteiger partial charge in [-0.15, -0.1) is 0 Å². The molecule has 0 amide bonds. The third-order valence-electron chi connectivity index (χ3n) is 10.7. The van der Waals surface area contributed by atoms with E-state index in [0.29, 0.717) is 17.5 Å². The highest BCUT2D eigenvalue weighted by atomic mass is 16.3. The van der Waals surface area contributed by atoms with E-state index in [1.165, 1.54) is 65.5 Å². The van der Waals surface area contributed by atoms with Crippen molar-refractivity contribution in [3.63, 3.8) is 0 Å². The molecule has 2 aromatic heterocycles. The van der Waals surface area contributed by atoms with Gasteiger partial charge in [0, 0.05) is 32.9 Å². The Morgan fingerprint density at radius 2 is 0.918 bits per heavy atom. The van der Waals surface area contributed by atoms with Crippen LogP contribution in [-0.2, 0) is 5.41 Å². The maximum Gasteiger partial charge on any atom is 0.164 e. The number of nitrogens with zero attached hydrogens (tertiary/aromatic N) is 3. The predicted molar refractivity (Wildman–Crippen MR) is 198 cm³/mol. The van der Waals surface area contributed by atoms with Crippen molar-refractivity contribution in [3.05, 3.63) is 151 Å². The molecule has 1 spiro atoms. The maximum absolute atomic E-state index is 6.36. The monoisotopic (exact) mass is 631 g/mol. The summed E-state index contributed by atoms with van der Waals surface area (Å²) in [6, 6.07) is 49.3. The molecule has 2 aliphatic carbocycles. The van der Waals surface area contributed by atoms with Gasteiger partial charge >= 0.3 is 0 Å². The van der Waals surface area contributed by atoms with Gasteiger partial charge in [0.25, 0.3) is 0 Å². The summed E-state index contributed by atoms with van der Waals surface area (Å²) in [6.07, 6.45) is 6.42. The highest BCUT2D eigenvalue weighted by Gasteiger charge is 2.43.